The zero-order chi connectivity index (χ0) is 36.6. The average Bonchev–Trinajstić information content (AvgIpc) is 3.66. The summed E-state index contributed by atoms with van der Waals surface area (Å²) in [5, 5.41) is 2.36. The standard InChI is InChI=1S/C49H31N5S/c1-5-15-32(16-6-1)42-31-43(33-17-7-2-8-18-33)51-48(50-42)37-24-13-23-36(29-37)39-25-14-26-40-41-30-38(27-28-44(41)55-45(39)40)49-53-46(34-19-9-3-10-20-34)52-47(54-49)35-21-11-4-12-22-35/h1-31H. The van der Waals surface area contributed by atoms with E-state index in [1.807, 2.05) is 97.1 Å². The molecule has 0 fully saturated rings. The van der Waals surface area contributed by atoms with Gasteiger partial charge < -0.3 is 0 Å². The van der Waals surface area contributed by atoms with Crippen molar-refractivity contribution in [3.05, 3.63) is 188 Å². The Hall–Kier alpha value is -7.15. The number of nitrogens with zero attached hydrogens (tertiary/aromatic N) is 5. The van der Waals surface area contributed by atoms with Gasteiger partial charge in [-0.1, -0.05) is 158 Å². The zero-order valence-corrected chi connectivity index (χ0v) is 30.4. The molecule has 6 heteroatoms. The molecule has 0 aliphatic heterocycles. The molecule has 55 heavy (non-hydrogen) atoms. The predicted molar refractivity (Wildman–Crippen MR) is 226 cm³/mol. The predicted octanol–water partition coefficient (Wildman–Crippen LogP) is 12.7. The van der Waals surface area contributed by atoms with Crippen molar-refractivity contribution in [1.82, 2.24) is 24.9 Å². The average molecular weight is 722 g/mol. The Balaban J connectivity index is 1.07. The van der Waals surface area contributed by atoms with Crippen LogP contribution in [0.5, 0.6) is 0 Å². The summed E-state index contributed by atoms with van der Waals surface area (Å²) in [5.41, 5.74) is 9.98. The Morgan fingerprint density at radius 2 is 0.745 bits per heavy atom. The van der Waals surface area contributed by atoms with Crippen LogP contribution in [0, 0.1) is 0 Å². The maximum atomic E-state index is 5.10. The second kappa shape index (κ2) is 14.0. The van der Waals surface area contributed by atoms with Crippen molar-refractivity contribution in [3.63, 3.8) is 0 Å². The van der Waals surface area contributed by atoms with Gasteiger partial charge in [-0.05, 0) is 41.5 Å². The molecule has 10 rings (SSSR count). The molecule has 0 saturated carbocycles. The number of thiophene rings is 1. The highest BCUT2D eigenvalue weighted by molar-refractivity contribution is 7.26. The lowest BCUT2D eigenvalue weighted by Gasteiger charge is -2.11. The van der Waals surface area contributed by atoms with Gasteiger partial charge in [0.15, 0.2) is 23.3 Å². The number of hydrogen-bond acceptors (Lipinski definition) is 6. The van der Waals surface area contributed by atoms with Crippen LogP contribution in [0.2, 0.25) is 0 Å². The van der Waals surface area contributed by atoms with Gasteiger partial charge in [0.1, 0.15) is 0 Å². The van der Waals surface area contributed by atoms with Crippen LogP contribution in [0.15, 0.2) is 188 Å². The lowest BCUT2D eigenvalue weighted by molar-refractivity contribution is 1.07. The van der Waals surface area contributed by atoms with Crippen molar-refractivity contribution in [1.29, 1.82) is 0 Å². The first-order valence-corrected chi connectivity index (χ1v) is 19.0. The maximum absolute atomic E-state index is 5.10. The van der Waals surface area contributed by atoms with Crippen molar-refractivity contribution in [2.24, 2.45) is 0 Å². The summed E-state index contributed by atoms with van der Waals surface area (Å²) >= 11 is 1.80. The van der Waals surface area contributed by atoms with Crippen molar-refractivity contribution in [2.45, 2.75) is 0 Å². The van der Waals surface area contributed by atoms with Gasteiger partial charge in [0.05, 0.1) is 11.4 Å². The lowest BCUT2D eigenvalue weighted by atomic mass is 10.00. The second-order valence-electron chi connectivity index (χ2n) is 13.3. The summed E-state index contributed by atoms with van der Waals surface area (Å²) < 4.78 is 2.43. The quantitative estimate of drug-likeness (QED) is 0.164. The van der Waals surface area contributed by atoms with Crippen LogP contribution in [-0.4, -0.2) is 24.9 Å². The zero-order valence-electron chi connectivity index (χ0n) is 29.5. The number of benzene rings is 7. The number of aromatic nitrogens is 5. The third-order valence-electron chi connectivity index (χ3n) is 9.75. The van der Waals surface area contributed by atoms with Crippen LogP contribution in [0.1, 0.15) is 0 Å². The van der Waals surface area contributed by atoms with Gasteiger partial charge in [0.2, 0.25) is 0 Å². The van der Waals surface area contributed by atoms with Gasteiger partial charge >= 0.3 is 0 Å². The Labute approximate surface area is 322 Å². The molecule has 0 bridgehead atoms. The summed E-state index contributed by atoms with van der Waals surface area (Å²) in [5.74, 6) is 2.63. The minimum atomic E-state index is 0.644. The molecule has 0 radical (unpaired) electrons. The largest absolute Gasteiger partial charge is 0.228 e. The maximum Gasteiger partial charge on any atom is 0.164 e. The Morgan fingerprint density at radius 3 is 1.33 bits per heavy atom. The molecule has 0 atom stereocenters. The molecule has 0 N–H and O–H groups in total. The van der Waals surface area contributed by atoms with E-state index in [2.05, 4.69) is 91.0 Å². The molecule has 0 spiro atoms. The molecule has 0 amide bonds. The highest BCUT2D eigenvalue weighted by atomic mass is 32.1. The molecule has 3 heterocycles. The molecular weight excluding hydrogens is 691 g/mol. The SMILES string of the molecule is c1ccc(-c2cc(-c3ccccc3)nc(-c3cccc(-c4cccc5c4sc4ccc(-c6nc(-c7ccccc7)nc(-c7ccccc7)n6)cc45)c3)n2)cc1. The van der Waals surface area contributed by atoms with E-state index in [1.54, 1.807) is 11.3 Å². The van der Waals surface area contributed by atoms with Gasteiger partial charge in [0, 0.05) is 53.6 Å². The molecule has 7 aromatic carbocycles. The van der Waals surface area contributed by atoms with E-state index in [0.29, 0.717) is 23.3 Å². The smallest absolute Gasteiger partial charge is 0.164 e. The molecule has 0 saturated heterocycles. The number of rotatable bonds is 7. The topological polar surface area (TPSA) is 64.5 Å². The van der Waals surface area contributed by atoms with Gasteiger partial charge in [-0.25, -0.2) is 24.9 Å². The lowest BCUT2D eigenvalue weighted by Crippen LogP contribution is -2.00. The molecule has 3 aromatic heterocycles. The monoisotopic (exact) mass is 721 g/mol. The number of hydrogen-bond donors (Lipinski definition) is 0. The Kier molecular flexibility index (Phi) is 8.28. The van der Waals surface area contributed by atoms with Crippen LogP contribution >= 0.6 is 11.3 Å². The molecular formula is C49H31N5S. The first-order chi connectivity index (χ1) is 27.2. The molecule has 258 valence electrons. The fourth-order valence-corrected chi connectivity index (χ4v) is 8.24. The van der Waals surface area contributed by atoms with Gasteiger partial charge in [-0.2, -0.15) is 0 Å². The molecule has 10 aromatic rings. The third kappa shape index (κ3) is 6.35. The van der Waals surface area contributed by atoms with Crippen molar-refractivity contribution < 1.29 is 0 Å². The third-order valence-corrected chi connectivity index (χ3v) is 11.0. The van der Waals surface area contributed by atoms with E-state index in [1.165, 1.54) is 25.7 Å². The molecule has 0 aliphatic rings. The summed E-state index contributed by atoms with van der Waals surface area (Å²) in [6, 6.07) is 64.6. The van der Waals surface area contributed by atoms with Crippen LogP contribution in [0.3, 0.4) is 0 Å². The van der Waals surface area contributed by atoms with E-state index in [9.17, 15) is 0 Å². The minimum Gasteiger partial charge on any atom is -0.228 e. The Morgan fingerprint density at radius 1 is 0.291 bits per heavy atom. The minimum absolute atomic E-state index is 0.644. The summed E-state index contributed by atoms with van der Waals surface area (Å²) in [6.45, 7) is 0. The van der Waals surface area contributed by atoms with Crippen LogP contribution in [-0.2, 0) is 0 Å². The fourth-order valence-electron chi connectivity index (χ4n) is 7.02. The van der Waals surface area contributed by atoms with Crippen LogP contribution in [0.4, 0.5) is 0 Å². The summed E-state index contributed by atoms with van der Waals surface area (Å²) in [4.78, 5) is 25.1. The van der Waals surface area contributed by atoms with E-state index in [0.717, 1.165) is 50.3 Å². The van der Waals surface area contributed by atoms with E-state index in [4.69, 9.17) is 24.9 Å². The van der Waals surface area contributed by atoms with Crippen LogP contribution < -0.4 is 0 Å². The molecule has 0 aliphatic carbocycles. The second-order valence-corrected chi connectivity index (χ2v) is 14.4. The first kappa shape index (κ1) is 32.5. The van der Waals surface area contributed by atoms with E-state index in [-0.39, 0.29) is 0 Å². The highest BCUT2D eigenvalue weighted by Crippen LogP contribution is 2.42. The fraction of sp³-hybridized carbons (Fsp3) is 0. The molecule has 5 nitrogen and oxygen atoms in total. The van der Waals surface area contributed by atoms with E-state index < -0.39 is 0 Å². The molecule has 0 unspecified atom stereocenters. The van der Waals surface area contributed by atoms with Crippen molar-refractivity contribution >= 4 is 31.5 Å². The summed E-state index contributed by atoms with van der Waals surface area (Å²) in [7, 11) is 0. The van der Waals surface area contributed by atoms with Crippen LogP contribution in [0.25, 0.3) is 99.4 Å². The van der Waals surface area contributed by atoms with Crippen molar-refractivity contribution in [3.8, 4) is 79.2 Å². The van der Waals surface area contributed by atoms with E-state index >= 15 is 0 Å². The van der Waals surface area contributed by atoms with Crippen molar-refractivity contribution in [2.75, 3.05) is 0 Å². The van der Waals surface area contributed by atoms with Gasteiger partial charge in [-0.15, -0.1) is 11.3 Å². The van der Waals surface area contributed by atoms with Gasteiger partial charge in [0.25, 0.3) is 0 Å². The normalized spacial score (nSPS) is 11.3. The Bertz CT molecular complexity index is 2850. The summed E-state index contributed by atoms with van der Waals surface area (Å²) in [6.07, 6.45) is 0. The number of fused-ring (bicyclic) bond motifs is 3. The first-order valence-electron chi connectivity index (χ1n) is 18.2. The highest BCUT2D eigenvalue weighted by Gasteiger charge is 2.17. The van der Waals surface area contributed by atoms with Gasteiger partial charge in [-0.3, -0.25) is 0 Å².